The van der Waals surface area contributed by atoms with E-state index in [1.165, 1.54) is 295 Å². The minimum Gasteiger partial charge on any atom is -0.394 e. The summed E-state index contributed by atoms with van der Waals surface area (Å²) >= 11 is 0. The first kappa shape index (κ1) is 84.3. The Kier molecular flexibility index (Phi) is 62.7. The van der Waals surface area contributed by atoms with Crippen LogP contribution in [-0.2, 0) is 14.3 Å². The maximum absolute atomic E-state index is 13.3. The molecule has 0 radical (unpaired) electrons. The highest BCUT2D eigenvalue weighted by Crippen LogP contribution is 2.24. The number of allylic oxidation sites excluding steroid dienone is 6. The normalized spacial score (nSPS) is 18.8. The lowest BCUT2D eigenvalue weighted by Gasteiger charge is -2.40. The summed E-state index contributed by atoms with van der Waals surface area (Å²) < 4.78 is 11.2. The van der Waals surface area contributed by atoms with Crippen molar-refractivity contribution in [1.29, 1.82) is 0 Å². The van der Waals surface area contributed by atoms with E-state index in [-0.39, 0.29) is 12.8 Å². The zero-order valence-corrected chi connectivity index (χ0v) is 57.7. The molecular weight excluding hydrogens is 1100 g/mol. The van der Waals surface area contributed by atoms with Crippen LogP contribution in [0.25, 0.3) is 0 Å². The monoisotopic (exact) mass is 1250 g/mol. The van der Waals surface area contributed by atoms with Crippen molar-refractivity contribution in [3.63, 3.8) is 0 Å². The number of rotatable bonds is 68. The van der Waals surface area contributed by atoms with Crippen molar-refractivity contribution in [2.45, 2.75) is 435 Å². The maximum Gasteiger partial charge on any atom is 0.249 e. The van der Waals surface area contributed by atoms with E-state index in [4.69, 9.17) is 9.47 Å². The molecule has 1 fully saturated rings. The smallest absolute Gasteiger partial charge is 0.249 e. The van der Waals surface area contributed by atoms with Gasteiger partial charge in [0.2, 0.25) is 5.91 Å². The Morgan fingerprint density at radius 1 is 0.398 bits per heavy atom. The van der Waals surface area contributed by atoms with Crippen molar-refractivity contribution in [2.75, 3.05) is 13.2 Å². The lowest BCUT2D eigenvalue weighted by molar-refractivity contribution is -0.303. The number of ether oxygens (including phenoxy) is 2. The molecule has 11 nitrogen and oxygen atoms in total. The fourth-order valence-electron chi connectivity index (χ4n) is 12.5. The highest BCUT2D eigenvalue weighted by molar-refractivity contribution is 5.80. The predicted molar refractivity (Wildman–Crippen MR) is 372 cm³/mol. The Morgan fingerprint density at radius 2 is 0.705 bits per heavy atom. The van der Waals surface area contributed by atoms with Gasteiger partial charge in [-0.3, -0.25) is 4.79 Å². The molecule has 0 saturated carbocycles. The van der Waals surface area contributed by atoms with Gasteiger partial charge < -0.3 is 50.5 Å². The molecule has 88 heavy (non-hydrogen) atoms. The van der Waals surface area contributed by atoms with Gasteiger partial charge in [0.25, 0.3) is 0 Å². The van der Waals surface area contributed by atoms with Crippen molar-refractivity contribution in [2.24, 2.45) is 0 Å². The molecule has 0 aromatic rings. The van der Waals surface area contributed by atoms with Crippen LogP contribution in [0.1, 0.15) is 380 Å². The quantitative estimate of drug-likeness (QED) is 0.0215. The summed E-state index contributed by atoms with van der Waals surface area (Å²) in [4.78, 5) is 13.3. The summed E-state index contributed by atoms with van der Waals surface area (Å²) in [5.41, 5.74) is 0. The lowest BCUT2D eigenvalue weighted by atomic mass is 9.98. The van der Waals surface area contributed by atoms with E-state index < -0.39 is 74.2 Å². The molecule has 9 atom stereocenters. The molecule has 9 unspecified atom stereocenters. The van der Waals surface area contributed by atoms with E-state index in [9.17, 15) is 40.5 Å². The minimum atomic E-state index is -1.67. The summed E-state index contributed by atoms with van der Waals surface area (Å²) in [5.74, 6) is -0.701. The van der Waals surface area contributed by atoms with Gasteiger partial charge in [0.05, 0.1) is 25.4 Å². The molecule has 1 heterocycles. The SMILES string of the molecule is CCCCCCCCCCC/C=C\C/C=C\CCCCCCCCCCCCCCCCC(O)C(=O)NC(COC1OC(CO)C(O)C(O)C1O)C(O)C(O)CCC/C=C/CCCCCCCCCCCCCCCCCCCCCCCCCCCC. The maximum atomic E-state index is 13.3. The number of aliphatic hydroxyl groups excluding tert-OH is 7. The molecule has 0 aromatic carbocycles. The number of carbonyl (C=O) groups excluding carboxylic acids is 1. The van der Waals surface area contributed by atoms with Crippen LogP contribution in [0.2, 0.25) is 0 Å². The third-order valence-electron chi connectivity index (χ3n) is 18.7. The first-order valence-corrected chi connectivity index (χ1v) is 38.4. The molecule has 0 aromatic heterocycles. The number of hydrogen-bond acceptors (Lipinski definition) is 10. The number of unbranched alkanes of at least 4 members (excludes halogenated alkanes) is 50. The fourth-order valence-corrected chi connectivity index (χ4v) is 12.5. The summed E-state index contributed by atoms with van der Waals surface area (Å²) in [5, 5.41) is 76.6. The van der Waals surface area contributed by atoms with Crippen molar-refractivity contribution >= 4 is 5.91 Å². The Labute approximate surface area is 543 Å². The fraction of sp³-hybridized carbons (Fsp3) is 0.909. The third-order valence-corrected chi connectivity index (χ3v) is 18.7. The summed E-state index contributed by atoms with van der Waals surface area (Å²) in [6, 6.07) is -1.19. The summed E-state index contributed by atoms with van der Waals surface area (Å²) in [6.45, 7) is 3.50. The molecule has 1 aliphatic heterocycles. The molecule has 520 valence electrons. The third kappa shape index (κ3) is 51.8. The number of hydrogen-bond donors (Lipinski definition) is 8. The van der Waals surface area contributed by atoms with Crippen molar-refractivity contribution in [1.82, 2.24) is 5.32 Å². The van der Waals surface area contributed by atoms with Crippen LogP contribution < -0.4 is 5.32 Å². The number of amides is 1. The summed E-state index contributed by atoms with van der Waals surface area (Å²) in [6.07, 6.45) is 73.9. The second-order valence-corrected chi connectivity index (χ2v) is 27.1. The molecule has 1 rings (SSSR count). The highest BCUT2D eigenvalue weighted by Gasteiger charge is 2.44. The van der Waals surface area contributed by atoms with E-state index >= 15 is 0 Å². The van der Waals surface area contributed by atoms with Gasteiger partial charge >= 0.3 is 0 Å². The molecule has 0 spiro atoms. The van der Waals surface area contributed by atoms with Crippen molar-refractivity contribution in [3.05, 3.63) is 36.5 Å². The van der Waals surface area contributed by atoms with E-state index in [2.05, 4.69) is 55.6 Å². The molecule has 11 heteroatoms. The Bertz CT molecular complexity index is 1530. The molecule has 1 amide bonds. The standard InChI is InChI=1S/C77H147NO10/c1-3-5-7-9-11-13-15-17-19-21-23-25-27-29-31-33-35-37-38-40-42-44-46-48-50-52-54-56-58-60-62-64-69(80)72(82)68(67-87-77-75(85)74(84)73(83)71(66-79)88-77)78-76(86)70(81)65-63-61-59-57-55-53-51-49-47-45-43-41-39-36-34-32-30-28-26-24-22-20-18-16-14-12-10-8-6-4-2/h24,26,30,32,56,58,68-75,77,79-85H,3-23,25,27-29,31,33-55,57,59-67H2,1-2H3,(H,78,86)/b26-24-,32-30-,58-56+. The number of nitrogens with one attached hydrogen (secondary N) is 1. The predicted octanol–water partition coefficient (Wildman–Crippen LogP) is 19.3. The van der Waals surface area contributed by atoms with E-state index in [1.54, 1.807) is 0 Å². The topological polar surface area (TPSA) is 189 Å². The van der Waals surface area contributed by atoms with Crippen LogP contribution in [-0.4, -0.2) is 110 Å². The van der Waals surface area contributed by atoms with Gasteiger partial charge in [0.1, 0.15) is 36.6 Å². The van der Waals surface area contributed by atoms with E-state index in [0.29, 0.717) is 12.8 Å². The number of aliphatic hydroxyl groups is 7. The van der Waals surface area contributed by atoms with E-state index in [0.717, 1.165) is 44.9 Å². The zero-order chi connectivity index (χ0) is 63.9. The highest BCUT2D eigenvalue weighted by atomic mass is 16.7. The van der Waals surface area contributed by atoms with Crippen LogP contribution in [0, 0.1) is 0 Å². The first-order chi connectivity index (χ1) is 43.2. The Balaban J connectivity index is 2.17. The zero-order valence-electron chi connectivity index (χ0n) is 57.7. The van der Waals surface area contributed by atoms with Crippen molar-refractivity contribution in [3.8, 4) is 0 Å². The number of carbonyl (C=O) groups is 1. The van der Waals surface area contributed by atoms with Gasteiger partial charge in [0.15, 0.2) is 6.29 Å². The average Bonchev–Trinajstić information content (AvgIpc) is 2.67. The molecule has 0 bridgehead atoms. The largest absolute Gasteiger partial charge is 0.394 e. The first-order valence-electron chi connectivity index (χ1n) is 38.4. The van der Waals surface area contributed by atoms with Gasteiger partial charge in [0, 0.05) is 0 Å². The van der Waals surface area contributed by atoms with E-state index in [1.807, 2.05) is 0 Å². The molecule has 8 N–H and O–H groups in total. The lowest BCUT2D eigenvalue weighted by Crippen LogP contribution is -2.60. The summed E-state index contributed by atoms with van der Waals surface area (Å²) in [7, 11) is 0. The molecule has 1 saturated heterocycles. The minimum absolute atomic E-state index is 0.255. The molecular formula is C77H147NO10. The van der Waals surface area contributed by atoms with Crippen LogP contribution in [0.15, 0.2) is 36.5 Å². The van der Waals surface area contributed by atoms with Gasteiger partial charge in [-0.05, 0) is 70.6 Å². The van der Waals surface area contributed by atoms with Crippen LogP contribution in [0.5, 0.6) is 0 Å². The van der Waals surface area contributed by atoms with Gasteiger partial charge in [-0.1, -0.05) is 346 Å². The van der Waals surface area contributed by atoms with Gasteiger partial charge in [-0.2, -0.15) is 0 Å². The van der Waals surface area contributed by atoms with Gasteiger partial charge in [-0.25, -0.2) is 0 Å². The second-order valence-electron chi connectivity index (χ2n) is 27.1. The van der Waals surface area contributed by atoms with Gasteiger partial charge in [-0.15, -0.1) is 0 Å². The van der Waals surface area contributed by atoms with Crippen molar-refractivity contribution < 1.29 is 50.0 Å². The second kappa shape index (κ2) is 65.4. The van der Waals surface area contributed by atoms with Crippen LogP contribution in [0.4, 0.5) is 0 Å². The van der Waals surface area contributed by atoms with Crippen LogP contribution >= 0.6 is 0 Å². The van der Waals surface area contributed by atoms with Crippen LogP contribution in [0.3, 0.4) is 0 Å². The average molecular weight is 1250 g/mol. The Hall–Kier alpha value is -1.67. The molecule has 0 aliphatic carbocycles. The Morgan fingerprint density at radius 3 is 1.05 bits per heavy atom. The molecule has 1 aliphatic rings.